The number of nitrogens with one attached hydrogen (secondary N) is 1. The molecule has 1 fully saturated rings. The van der Waals surface area contributed by atoms with Crippen molar-refractivity contribution in [3.63, 3.8) is 0 Å². The van der Waals surface area contributed by atoms with E-state index in [1.807, 2.05) is 0 Å². The summed E-state index contributed by atoms with van der Waals surface area (Å²) in [6.45, 7) is 9.61. The zero-order valence-corrected chi connectivity index (χ0v) is 12.4. The topological polar surface area (TPSA) is 32.3 Å². The number of carbonyl (C=O) groups excluding carboxylic acids is 1. The molecular weight excluding hydrogens is 224 g/mol. The highest BCUT2D eigenvalue weighted by Gasteiger charge is 2.25. The molecule has 1 N–H and O–H groups in total. The summed E-state index contributed by atoms with van der Waals surface area (Å²) in [4.78, 5) is 14.6. The molecule has 0 aliphatic carbocycles. The van der Waals surface area contributed by atoms with Crippen molar-refractivity contribution in [2.45, 2.75) is 65.3 Å². The minimum atomic E-state index is 0.379. The summed E-state index contributed by atoms with van der Waals surface area (Å²) >= 11 is 0. The van der Waals surface area contributed by atoms with E-state index in [0.717, 1.165) is 51.7 Å². The molecule has 3 nitrogen and oxygen atoms in total. The zero-order chi connectivity index (χ0) is 13.4. The van der Waals surface area contributed by atoms with Crippen molar-refractivity contribution in [2.75, 3.05) is 19.6 Å². The zero-order valence-electron chi connectivity index (χ0n) is 12.4. The Labute approximate surface area is 112 Å². The predicted octanol–water partition coefficient (Wildman–Crippen LogP) is 2.80. The van der Waals surface area contributed by atoms with E-state index in [4.69, 9.17) is 0 Å². The lowest BCUT2D eigenvalue weighted by atomic mass is 9.99. The van der Waals surface area contributed by atoms with Crippen molar-refractivity contribution in [1.29, 1.82) is 0 Å². The first-order valence-electron chi connectivity index (χ1n) is 7.69. The highest BCUT2D eigenvalue weighted by Crippen LogP contribution is 2.17. The quantitative estimate of drug-likeness (QED) is 0.757. The standard InChI is InChI=1S/C15H30N2O/c1-4-6-13(3)12-15(18)17(11-5-2)14-7-9-16-10-8-14/h13-14,16H,4-12H2,1-3H3. The van der Waals surface area contributed by atoms with Crippen LogP contribution in [0.1, 0.15) is 59.3 Å². The van der Waals surface area contributed by atoms with Crippen LogP contribution in [-0.4, -0.2) is 36.5 Å². The van der Waals surface area contributed by atoms with Crippen molar-refractivity contribution < 1.29 is 4.79 Å². The lowest BCUT2D eigenvalue weighted by Gasteiger charge is -2.35. The van der Waals surface area contributed by atoms with Gasteiger partial charge >= 0.3 is 0 Å². The first-order chi connectivity index (χ1) is 8.69. The van der Waals surface area contributed by atoms with E-state index < -0.39 is 0 Å². The van der Waals surface area contributed by atoms with Crippen molar-refractivity contribution in [3.05, 3.63) is 0 Å². The third-order valence-electron chi connectivity index (χ3n) is 3.84. The average Bonchev–Trinajstić information content (AvgIpc) is 2.37. The number of carbonyl (C=O) groups is 1. The molecular formula is C15H30N2O. The van der Waals surface area contributed by atoms with Gasteiger partial charge in [-0.1, -0.05) is 33.6 Å². The Morgan fingerprint density at radius 1 is 1.28 bits per heavy atom. The van der Waals surface area contributed by atoms with Gasteiger partial charge in [0.1, 0.15) is 0 Å². The van der Waals surface area contributed by atoms with Crippen LogP contribution in [0.5, 0.6) is 0 Å². The van der Waals surface area contributed by atoms with Gasteiger partial charge in [-0.2, -0.15) is 0 Å². The normalized spacial score (nSPS) is 18.6. The van der Waals surface area contributed by atoms with Crippen molar-refractivity contribution in [2.24, 2.45) is 5.92 Å². The molecule has 1 heterocycles. The Bertz CT molecular complexity index is 237. The van der Waals surface area contributed by atoms with E-state index in [0.29, 0.717) is 17.9 Å². The maximum Gasteiger partial charge on any atom is 0.223 e. The molecule has 0 aromatic carbocycles. The number of hydrogen-bond donors (Lipinski definition) is 1. The highest BCUT2D eigenvalue weighted by atomic mass is 16.2. The Hall–Kier alpha value is -0.570. The fraction of sp³-hybridized carbons (Fsp3) is 0.933. The van der Waals surface area contributed by atoms with Crippen LogP contribution in [0.4, 0.5) is 0 Å². The Kier molecular flexibility index (Phi) is 7.33. The summed E-state index contributed by atoms with van der Waals surface area (Å²) in [5.74, 6) is 0.910. The molecule has 18 heavy (non-hydrogen) atoms. The molecule has 0 aromatic heterocycles. The van der Waals surface area contributed by atoms with E-state index in [1.165, 1.54) is 6.42 Å². The maximum atomic E-state index is 12.4. The smallest absolute Gasteiger partial charge is 0.223 e. The van der Waals surface area contributed by atoms with Crippen LogP contribution in [0.2, 0.25) is 0 Å². The molecule has 1 rings (SSSR count). The summed E-state index contributed by atoms with van der Waals surface area (Å²) in [5.41, 5.74) is 0. The fourth-order valence-corrected chi connectivity index (χ4v) is 2.88. The van der Waals surface area contributed by atoms with Crippen LogP contribution in [0.25, 0.3) is 0 Å². The SMILES string of the molecule is CCCC(C)CC(=O)N(CCC)C1CCNCC1. The monoisotopic (exact) mass is 254 g/mol. The summed E-state index contributed by atoms with van der Waals surface area (Å²) in [7, 11) is 0. The summed E-state index contributed by atoms with van der Waals surface area (Å²) in [5, 5.41) is 3.37. The maximum absolute atomic E-state index is 12.4. The lowest BCUT2D eigenvalue weighted by molar-refractivity contribution is -0.135. The molecule has 1 aliphatic rings. The van der Waals surface area contributed by atoms with Gasteiger partial charge in [-0.3, -0.25) is 4.79 Å². The van der Waals surface area contributed by atoms with E-state index in [2.05, 4.69) is 31.0 Å². The van der Waals surface area contributed by atoms with Gasteiger partial charge in [-0.05, 0) is 38.3 Å². The second-order valence-corrected chi connectivity index (χ2v) is 5.67. The van der Waals surface area contributed by atoms with Crippen LogP contribution in [-0.2, 0) is 4.79 Å². The number of hydrogen-bond acceptors (Lipinski definition) is 2. The Morgan fingerprint density at radius 3 is 2.50 bits per heavy atom. The van der Waals surface area contributed by atoms with Crippen LogP contribution < -0.4 is 5.32 Å². The fourth-order valence-electron chi connectivity index (χ4n) is 2.88. The van der Waals surface area contributed by atoms with Crippen LogP contribution in [0, 0.1) is 5.92 Å². The van der Waals surface area contributed by atoms with Gasteiger partial charge in [0.05, 0.1) is 0 Å². The highest BCUT2D eigenvalue weighted by molar-refractivity contribution is 5.76. The Balaban J connectivity index is 2.50. The van der Waals surface area contributed by atoms with Crippen LogP contribution >= 0.6 is 0 Å². The van der Waals surface area contributed by atoms with E-state index in [-0.39, 0.29) is 0 Å². The second kappa shape index (κ2) is 8.52. The van der Waals surface area contributed by atoms with E-state index in [9.17, 15) is 4.79 Å². The first kappa shape index (κ1) is 15.5. The number of nitrogens with zero attached hydrogens (tertiary/aromatic N) is 1. The molecule has 3 heteroatoms. The van der Waals surface area contributed by atoms with Gasteiger partial charge in [-0.25, -0.2) is 0 Å². The van der Waals surface area contributed by atoms with Crippen molar-refractivity contribution in [3.8, 4) is 0 Å². The molecule has 106 valence electrons. The minimum absolute atomic E-state index is 0.379. The largest absolute Gasteiger partial charge is 0.340 e. The van der Waals surface area contributed by atoms with E-state index in [1.54, 1.807) is 0 Å². The average molecular weight is 254 g/mol. The second-order valence-electron chi connectivity index (χ2n) is 5.67. The molecule has 1 atom stereocenters. The first-order valence-corrected chi connectivity index (χ1v) is 7.69. The van der Waals surface area contributed by atoms with Gasteiger partial charge in [0.25, 0.3) is 0 Å². The molecule has 1 aliphatic heterocycles. The van der Waals surface area contributed by atoms with Crippen molar-refractivity contribution >= 4 is 5.91 Å². The molecule has 0 saturated carbocycles. The predicted molar refractivity (Wildman–Crippen MR) is 76.6 cm³/mol. The van der Waals surface area contributed by atoms with Gasteiger partial charge in [0, 0.05) is 19.0 Å². The Morgan fingerprint density at radius 2 is 1.94 bits per heavy atom. The third-order valence-corrected chi connectivity index (χ3v) is 3.84. The number of piperidine rings is 1. The third kappa shape index (κ3) is 4.97. The molecule has 0 radical (unpaired) electrons. The van der Waals surface area contributed by atoms with Gasteiger partial charge in [-0.15, -0.1) is 0 Å². The summed E-state index contributed by atoms with van der Waals surface area (Å²) in [6.07, 6.45) is 6.38. The van der Waals surface area contributed by atoms with Gasteiger partial charge in [0.2, 0.25) is 5.91 Å². The molecule has 0 bridgehead atoms. The molecule has 1 saturated heterocycles. The van der Waals surface area contributed by atoms with Crippen LogP contribution in [0.3, 0.4) is 0 Å². The van der Waals surface area contributed by atoms with Crippen LogP contribution in [0.15, 0.2) is 0 Å². The minimum Gasteiger partial charge on any atom is -0.340 e. The number of amides is 1. The van der Waals surface area contributed by atoms with E-state index >= 15 is 0 Å². The molecule has 1 amide bonds. The summed E-state index contributed by atoms with van der Waals surface area (Å²) in [6, 6.07) is 0.479. The molecule has 0 spiro atoms. The van der Waals surface area contributed by atoms with Gasteiger partial charge < -0.3 is 10.2 Å². The lowest BCUT2D eigenvalue weighted by Crippen LogP contribution is -2.46. The summed E-state index contributed by atoms with van der Waals surface area (Å²) < 4.78 is 0. The van der Waals surface area contributed by atoms with Gasteiger partial charge in [0.15, 0.2) is 0 Å². The molecule has 0 aromatic rings. The number of rotatable bonds is 7. The molecule has 1 unspecified atom stereocenters. The van der Waals surface area contributed by atoms with Crippen molar-refractivity contribution in [1.82, 2.24) is 10.2 Å².